The van der Waals surface area contributed by atoms with E-state index < -0.39 is 12.0 Å². The van der Waals surface area contributed by atoms with E-state index in [1.165, 1.54) is 0 Å². The number of carboxylic acid groups (broad SMARTS) is 1. The van der Waals surface area contributed by atoms with Crippen molar-refractivity contribution in [3.63, 3.8) is 0 Å². The van der Waals surface area contributed by atoms with Gasteiger partial charge in [-0.2, -0.15) is 0 Å². The number of carboxylic acids is 1. The second kappa shape index (κ2) is 4.00. The molecule has 0 radical (unpaired) electrons. The van der Waals surface area contributed by atoms with Gasteiger partial charge in [0.25, 0.3) is 0 Å². The Kier molecular flexibility index (Phi) is 2.97. The van der Waals surface area contributed by atoms with Crippen LogP contribution in [0.3, 0.4) is 0 Å². The molecule has 0 unspecified atom stereocenters. The molecule has 1 aromatic heterocycles. The van der Waals surface area contributed by atoms with Crippen LogP contribution in [0.2, 0.25) is 0 Å². The molecule has 13 heavy (non-hydrogen) atoms. The first kappa shape index (κ1) is 9.67. The van der Waals surface area contributed by atoms with Gasteiger partial charge in [-0.1, -0.05) is 6.07 Å². The molecule has 0 bridgehead atoms. The van der Waals surface area contributed by atoms with E-state index in [1.54, 1.807) is 12.3 Å². The van der Waals surface area contributed by atoms with Crippen LogP contribution in [0.15, 0.2) is 18.3 Å². The number of aryl methyl sites for hydroxylation is 1. The molecule has 4 nitrogen and oxygen atoms in total. The third kappa shape index (κ3) is 2.52. The van der Waals surface area contributed by atoms with Gasteiger partial charge in [0.15, 0.2) is 0 Å². The fourth-order valence-corrected chi connectivity index (χ4v) is 1.17. The maximum Gasteiger partial charge on any atom is 0.305 e. The predicted molar refractivity (Wildman–Crippen MR) is 48.2 cm³/mol. The first-order valence-electron chi connectivity index (χ1n) is 4.00. The van der Waals surface area contributed by atoms with Crippen molar-refractivity contribution in [2.24, 2.45) is 5.73 Å². The lowest BCUT2D eigenvalue weighted by Crippen LogP contribution is -2.17. The number of rotatable bonds is 3. The van der Waals surface area contributed by atoms with E-state index in [1.807, 2.05) is 13.0 Å². The highest BCUT2D eigenvalue weighted by Crippen LogP contribution is 2.14. The Balaban J connectivity index is 2.82. The zero-order valence-electron chi connectivity index (χ0n) is 7.40. The Bertz CT molecular complexity index is 312. The molecule has 0 fully saturated rings. The number of nitrogens with zero attached hydrogens (tertiary/aromatic N) is 1. The molecule has 0 amide bonds. The summed E-state index contributed by atoms with van der Waals surface area (Å²) in [6.07, 6.45) is 1.53. The molecular formula is C9H12N2O2. The summed E-state index contributed by atoms with van der Waals surface area (Å²) in [6.45, 7) is 1.87. The lowest BCUT2D eigenvalue weighted by Gasteiger charge is -2.10. The maximum atomic E-state index is 10.4. The largest absolute Gasteiger partial charge is 0.481 e. The van der Waals surface area contributed by atoms with Gasteiger partial charge in [-0.05, 0) is 18.6 Å². The van der Waals surface area contributed by atoms with Gasteiger partial charge in [-0.25, -0.2) is 0 Å². The van der Waals surface area contributed by atoms with Gasteiger partial charge >= 0.3 is 5.97 Å². The van der Waals surface area contributed by atoms with Crippen LogP contribution in [0, 0.1) is 6.92 Å². The number of nitrogens with two attached hydrogens (primary N) is 1. The molecule has 1 heterocycles. The Morgan fingerprint density at radius 3 is 3.00 bits per heavy atom. The lowest BCUT2D eigenvalue weighted by molar-refractivity contribution is -0.137. The van der Waals surface area contributed by atoms with Gasteiger partial charge in [-0.3, -0.25) is 9.78 Å². The smallest absolute Gasteiger partial charge is 0.305 e. The van der Waals surface area contributed by atoms with Crippen LogP contribution in [0.4, 0.5) is 0 Å². The minimum atomic E-state index is -0.905. The molecule has 70 valence electrons. The molecule has 0 aromatic carbocycles. The number of carbonyl (C=O) groups is 1. The highest BCUT2D eigenvalue weighted by molar-refractivity contribution is 5.67. The van der Waals surface area contributed by atoms with Crippen LogP contribution >= 0.6 is 0 Å². The molecule has 1 rings (SSSR count). The van der Waals surface area contributed by atoms with Crippen LogP contribution < -0.4 is 5.73 Å². The second-order valence-corrected chi connectivity index (χ2v) is 2.91. The lowest BCUT2D eigenvalue weighted by atomic mass is 10.1. The predicted octanol–water partition coefficient (Wildman–Crippen LogP) is 0.865. The second-order valence-electron chi connectivity index (χ2n) is 2.91. The van der Waals surface area contributed by atoms with E-state index >= 15 is 0 Å². The number of aromatic nitrogens is 1. The average molecular weight is 180 g/mol. The zero-order valence-corrected chi connectivity index (χ0v) is 7.40. The quantitative estimate of drug-likeness (QED) is 0.723. The first-order valence-corrected chi connectivity index (χ1v) is 4.00. The van der Waals surface area contributed by atoms with Gasteiger partial charge in [-0.15, -0.1) is 0 Å². The standard InChI is InChI=1S/C9H12N2O2/c1-6-3-2-4-11-9(6)7(10)5-8(12)13/h2-4,7H,5,10H2,1H3,(H,12,13)/t7-/m1/s1. The molecule has 0 saturated carbocycles. The van der Waals surface area contributed by atoms with Crippen molar-refractivity contribution >= 4 is 5.97 Å². The first-order chi connectivity index (χ1) is 6.11. The molecule has 0 aliphatic carbocycles. The molecule has 0 spiro atoms. The molecule has 3 N–H and O–H groups in total. The van der Waals surface area contributed by atoms with E-state index in [4.69, 9.17) is 10.8 Å². The van der Waals surface area contributed by atoms with E-state index in [2.05, 4.69) is 4.98 Å². The van der Waals surface area contributed by atoms with Crippen LogP contribution in [0.25, 0.3) is 0 Å². The number of hydrogen-bond donors (Lipinski definition) is 2. The molecule has 1 aromatic rings. The van der Waals surface area contributed by atoms with Crippen LogP contribution in [-0.2, 0) is 4.79 Å². The third-order valence-electron chi connectivity index (χ3n) is 1.80. The summed E-state index contributed by atoms with van der Waals surface area (Å²) in [4.78, 5) is 14.4. The molecule has 0 aliphatic rings. The zero-order chi connectivity index (χ0) is 9.84. The van der Waals surface area contributed by atoms with Gasteiger partial charge in [0.05, 0.1) is 18.2 Å². The summed E-state index contributed by atoms with van der Waals surface area (Å²) in [7, 11) is 0. The van der Waals surface area contributed by atoms with Crippen molar-refractivity contribution < 1.29 is 9.90 Å². The van der Waals surface area contributed by atoms with E-state index in [0.717, 1.165) is 5.56 Å². The Morgan fingerprint density at radius 2 is 2.46 bits per heavy atom. The fourth-order valence-electron chi connectivity index (χ4n) is 1.17. The van der Waals surface area contributed by atoms with Crippen molar-refractivity contribution in [1.82, 2.24) is 4.98 Å². The van der Waals surface area contributed by atoms with Crippen molar-refractivity contribution in [2.75, 3.05) is 0 Å². The minimum Gasteiger partial charge on any atom is -0.481 e. The summed E-state index contributed by atoms with van der Waals surface area (Å²) >= 11 is 0. The number of pyridine rings is 1. The maximum absolute atomic E-state index is 10.4. The summed E-state index contributed by atoms with van der Waals surface area (Å²) in [6, 6.07) is 3.15. The van der Waals surface area contributed by atoms with Crippen LogP contribution in [-0.4, -0.2) is 16.1 Å². The third-order valence-corrected chi connectivity index (χ3v) is 1.80. The Labute approximate surface area is 76.4 Å². The highest BCUT2D eigenvalue weighted by atomic mass is 16.4. The van der Waals surface area contributed by atoms with Crippen molar-refractivity contribution in [1.29, 1.82) is 0 Å². The van der Waals surface area contributed by atoms with E-state index in [0.29, 0.717) is 5.69 Å². The van der Waals surface area contributed by atoms with Gasteiger partial charge in [0.2, 0.25) is 0 Å². The minimum absolute atomic E-state index is 0.0855. The van der Waals surface area contributed by atoms with Crippen molar-refractivity contribution in [2.45, 2.75) is 19.4 Å². The summed E-state index contributed by atoms with van der Waals surface area (Å²) < 4.78 is 0. The fraction of sp³-hybridized carbons (Fsp3) is 0.333. The number of aliphatic carboxylic acids is 1. The molecule has 0 aliphatic heterocycles. The Morgan fingerprint density at radius 1 is 1.77 bits per heavy atom. The van der Waals surface area contributed by atoms with E-state index in [-0.39, 0.29) is 6.42 Å². The average Bonchev–Trinajstić information content (AvgIpc) is 2.03. The van der Waals surface area contributed by atoms with Crippen LogP contribution in [0.1, 0.15) is 23.7 Å². The van der Waals surface area contributed by atoms with Gasteiger partial charge in [0.1, 0.15) is 0 Å². The topological polar surface area (TPSA) is 76.2 Å². The van der Waals surface area contributed by atoms with Crippen molar-refractivity contribution in [3.8, 4) is 0 Å². The monoisotopic (exact) mass is 180 g/mol. The van der Waals surface area contributed by atoms with Gasteiger partial charge in [0, 0.05) is 6.20 Å². The molecule has 1 atom stereocenters. The van der Waals surface area contributed by atoms with Crippen LogP contribution in [0.5, 0.6) is 0 Å². The van der Waals surface area contributed by atoms with Crippen molar-refractivity contribution in [3.05, 3.63) is 29.6 Å². The summed E-state index contributed by atoms with van der Waals surface area (Å²) in [5.41, 5.74) is 7.24. The Hall–Kier alpha value is -1.42. The number of hydrogen-bond acceptors (Lipinski definition) is 3. The van der Waals surface area contributed by atoms with Gasteiger partial charge < -0.3 is 10.8 Å². The SMILES string of the molecule is Cc1cccnc1[C@H](N)CC(=O)O. The molecule has 0 saturated heterocycles. The molecular weight excluding hydrogens is 168 g/mol. The highest BCUT2D eigenvalue weighted by Gasteiger charge is 2.13. The summed E-state index contributed by atoms with van der Waals surface area (Å²) in [5, 5.41) is 8.53. The van der Waals surface area contributed by atoms with E-state index in [9.17, 15) is 4.79 Å². The normalized spacial score (nSPS) is 12.5. The molecule has 4 heteroatoms. The summed E-state index contributed by atoms with van der Waals surface area (Å²) in [5.74, 6) is -0.905.